The first kappa shape index (κ1) is 21.2. The number of hydrogen-bond acceptors (Lipinski definition) is 4. The SMILES string of the molecule is CC(C)CC(=O)Nc1nc2c(nc1CCc1ccccc1)-c1ccc(CO)cc1CC2. The summed E-state index contributed by atoms with van der Waals surface area (Å²) in [7, 11) is 0. The first-order valence-electron chi connectivity index (χ1n) is 11.0. The molecule has 1 aromatic heterocycles. The van der Waals surface area contributed by atoms with E-state index in [0.717, 1.165) is 47.5 Å². The van der Waals surface area contributed by atoms with Crippen molar-refractivity contribution < 1.29 is 9.90 Å². The van der Waals surface area contributed by atoms with Crippen LogP contribution >= 0.6 is 0 Å². The summed E-state index contributed by atoms with van der Waals surface area (Å²) in [6.07, 6.45) is 3.62. The summed E-state index contributed by atoms with van der Waals surface area (Å²) in [5.74, 6) is 0.857. The van der Waals surface area contributed by atoms with Crippen LogP contribution in [0.5, 0.6) is 0 Å². The highest BCUT2D eigenvalue weighted by atomic mass is 16.3. The number of aromatic nitrogens is 2. The number of rotatable bonds is 7. The molecule has 0 spiro atoms. The molecule has 0 radical (unpaired) electrons. The lowest BCUT2D eigenvalue weighted by molar-refractivity contribution is -0.116. The molecule has 0 bridgehead atoms. The van der Waals surface area contributed by atoms with Gasteiger partial charge in [-0.1, -0.05) is 62.4 Å². The molecule has 2 N–H and O–H groups in total. The van der Waals surface area contributed by atoms with Gasteiger partial charge in [-0.25, -0.2) is 9.97 Å². The van der Waals surface area contributed by atoms with E-state index in [9.17, 15) is 9.90 Å². The van der Waals surface area contributed by atoms with Crippen molar-refractivity contribution in [2.75, 3.05) is 5.32 Å². The molecule has 1 amide bonds. The molecule has 0 saturated carbocycles. The summed E-state index contributed by atoms with van der Waals surface area (Å²) < 4.78 is 0. The van der Waals surface area contributed by atoms with Crippen LogP contribution in [0.1, 0.15) is 48.3 Å². The summed E-state index contributed by atoms with van der Waals surface area (Å²) in [5.41, 5.74) is 7.06. The number of carbonyl (C=O) groups excluding carboxylic acids is 1. The molecule has 0 aliphatic heterocycles. The topological polar surface area (TPSA) is 75.1 Å². The standard InChI is InChI=1S/C26H29N3O2/c1-17(2)14-24(31)29-26-23(12-9-18-6-4-3-5-7-18)27-25-21-11-8-19(16-30)15-20(21)10-13-22(25)28-26/h3-8,11,15,17,30H,9-10,12-14,16H2,1-2H3,(H,28,29,31). The smallest absolute Gasteiger partial charge is 0.225 e. The number of aliphatic hydroxyl groups excluding tert-OH is 1. The first-order chi connectivity index (χ1) is 15.0. The Labute approximate surface area is 183 Å². The number of aryl methyl sites for hydroxylation is 4. The third-order valence-corrected chi connectivity index (χ3v) is 5.62. The van der Waals surface area contributed by atoms with E-state index in [0.29, 0.717) is 18.7 Å². The van der Waals surface area contributed by atoms with E-state index in [1.165, 1.54) is 11.1 Å². The van der Waals surface area contributed by atoms with Crippen molar-refractivity contribution >= 4 is 11.7 Å². The molecular formula is C26H29N3O2. The monoisotopic (exact) mass is 415 g/mol. The maximum absolute atomic E-state index is 12.5. The number of fused-ring (bicyclic) bond motifs is 3. The van der Waals surface area contributed by atoms with Gasteiger partial charge in [0.25, 0.3) is 0 Å². The Morgan fingerprint density at radius 1 is 1.03 bits per heavy atom. The van der Waals surface area contributed by atoms with Crippen molar-refractivity contribution in [1.29, 1.82) is 0 Å². The molecular weight excluding hydrogens is 386 g/mol. The Hall–Kier alpha value is -3.05. The van der Waals surface area contributed by atoms with Gasteiger partial charge in [0, 0.05) is 12.0 Å². The van der Waals surface area contributed by atoms with Crippen LogP contribution in [-0.2, 0) is 37.1 Å². The average Bonchev–Trinajstić information content (AvgIpc) is 2.77. The van der Waals surface area contributed by atoms with E-state index in [2.05, 4.69) is 23.5 Å². The number of carbonyl (C=O) groups is 1. The van der Waals surface area contributed by atoms with Crippen molar-refractivity contribution in [2.45, 2.75) is 52.6 Å². The van der Waals surface area contributed by atoms with Gasteiger partial charge in [0.2, 0.25) is 5.91 Å². The Morgan fingerprint density at radius 3 is 2.58 bits per heavy atom. The van der Waals surface area contributed by atoms with Gasteiger partial charge in [0.05, 0.1) is 23.7 Å². The summed E-state index contributed by atoms with van der Waals surface area (Å²) in [4.78, 5) is 22.4. The molecule has 0 saturated heterocycles. The lowest BCUT2D eigenvalue weighted by atomic mass is 9.90. The molecule has 0 atom stereocenters. The minimum absolute atomic E-state index is 0.0194. The van der Waals surface area contributed by atoms with E-state index in [1.807, 2.05) is 44.2 Å². The molecule has 3 aromatic rings. The Kier molecular flexibility index (Phi) is 6.42. The Morgan fingerprint density at radius 2 is 1.84 bits per heavy atom. The predicted octanol–water partition coefficient (Wildman–Crippen LogP) is 4.50. The van der Waals surface area contributed by atoms with Crippen LogP contribution in [0.4, 0.5) is 5.82 Å². The minimum Gasteiger partial charge on any atom is -0.392 e. The zero-order valence-electron chi connectivity index (χ0n) is 18.2. The number of benzene rings is 2. The maximum atomic E-state index is 12.5. The number of amides is 1. The van der Waals surface area contributed by atoms with Crippen LogP contribution in [-0.4, -0.2) is 21.0 Å². The van der Waals surface area contributed by atoms with E-state index >= 15 is 0 Å². The molecule has 4 rings (SSSR count). The second-order valence-electron chi connectivity index (χ2n) is 8.60. The van der Waals surface area contributed by atoms with Crippen molar-refractivity contribution in [3.8, 4) is 11.3 Å². The highest BCUT2D eigenvalue weighted by molar-refractivity contribution is 5.90. The van der Waals surface area contributed by atoms with Crippen molar-refractivity contribution in [3.05, 3.63) is 76.6 Å². The molecule has 2 aromatic carbocycles. The lowest BCUT2D eigenvalue weighted by Gasteiger charge is -2.21. The number of nitrogens with zero attached hydrogens (tertiary/aromatic N) is 2. The molecule has 0 unspecified atom stereocenters. The quantitative estimate of drug-likeness (QED) is 0.596. The van der Waals surface area contributed by atoms with Crippen LogP contribution in [0.25, 0.3) is 11.3 Å². The molecule has 5 nitrogen and oxygen atoms in total. The lowest BCUT2D eigenvalue weighted by Crippen LogP contribution is -2.19. The van der Waals surface area contributed by atoms with Gasteiger partial charge >= 0.3 is 0 Å². The van der Waals surface area contributed by atoms with E-state index < -0.39 is 0 Å². The molecule has 1 aliphatic rings. The third-order valence-electron chi connectivity index (χ3n) is 5.62. The van der Waals surface area contributed by atoms with Gasteiger partial charge < -0.3 is 10.4 Å². The van der Waals surface area contributed by atoms with Crippen molar-refractivity contribution in [2.24, 2.45) is 5.92 Å². The molecule has 1 heterocycles. The number of aliphatic hydroxyl groups is 1. The fourth-order valence-corrected chi connectivity index (χ4v) is 4.07. The summed E-state index contributed by atoms with van der Waals surface area (Å²) in [6.45, 7) is 4.10. The second kappa shape index (κ2) is 9.40. The minimum atomic E-state index is -0.0194. The summed E-state index contributed by atoms with van der Waals surface area (Å²) in [5, 5.41) is 12.5. The largest absolute Gasteiger partial charge is 0.392 e. The van der Waals surface area contributed by atoms with Crippen molar-refractivity contribution in [3.63, 3.8) is 0 Å². The number of nitrogens with one attached hydrogen (secondary N) is 1. The number of hydrogen-bond donors (Lipinski definition) is 2. The summed E-state index contributed by atoms with van der Waals surface area (Å²) in [6, 6.07) is 16.3. The van der Waals surface area contributed by atoms with Crippen LogP contribution in [0.2, 0.25) is 0 Å². The number of anilines is 1. The maximum Gasteiger partial charge on any atom is 0.225 e. The van der Waals surface area contributed by atoms with Gasteiger partial charge in [-0.05, 0) is 48.3 Å². The van der Waals surface area contributed by atoms with Gasteiger partial charge in [-0.3, -0.25) is 4.79 Å². The Balaban J connectivity index is 1.69. The van der Waals surface area contributed by atoms with Crippen LogP contribution in [0, 0.1) is 5.92 Å². The molecule has 160 valence electrons. The molecule has 5 heteroatoms. The van der Waals surface area contributed by atoms with Gasteiger partial charge in [0.15, 0.2) is 5.82 Å². The van der Waals surface area contributed by atoms with Gasteiger partial charge in [-0.2, -0.15) is 0 Å². The average molecular weight is 416 g/mol. The van der Waals surface area contributed by atoms with E-state index in [1.54, 1.807) is 0 Å². The Bertz CT molecular complexity index is 1080. The zero-order chi connectivity index (χ0) is 21.8. The fourth-order valence-electron chi connectivity index (χ4n) is 4.07. The highest BCUT2D eigenvalue weighted by Crippen LogP contribution is 2.33. The van der Waals surface area contributed by atoms with E-state index in [4.69, 9.17) is 9.97 Å². The fraction of sp³-hybridized carbons (Fsp3) is 0.346. The second-order valence-corrected chi connectivity index (χ2v) is 8.60. The van der Waals surface area contributed by atoms with Gasteiger partial charge in [-0.15, -0.1) is 0 Å². The van der Waals surface area contributed by atoms with Crippen molar-refractivity contribution in [1.82, 2.24) is 9.97 Å². The van der Waals surface area contributed by atoms with Crippen LogP contribution < -0.4 is 5.32 Å². The first-order valence-corrected chi connectivity index (χ1v) is 11.0. The van der Waals surface area contributed by atoms with Gasteiger partial charge in [0.1, 0.15) is 0 Å². The normalized spacial score (nSPS) is 12.4. The third kappa shape index (κ3) is 5.00. The molecule has 0 fully saturated rings. The van der Waals surface area contributed by atoms with E-state index in [-0.39, 0.29) is 18.4 Å². The van der Waals surface area contributed by atoms with Crippen LogP contribution in [0.3, 0.4) is 0 Å². The summed E-state index contributed by atoms with van der Waals surface area (Å²) >= 11 is 0. The molecule has 31 heavy (non-hydrogen) atoms. The molecule has 1 aliphatic carbocycles. The zero-order valence-corrected chi connectivity index (χ0v) is 18.2. The predicted molar refractivity (Wildman–Crippen MR) is 123 cm³/mol. The highest BCUT2D eigenvalue weighted by Gasteiger charge is 2.22. The van der Waals surface area contributed by atoms with Crippen LogP contribution in [0.15, 0.2) is 48.5 Å².